The lowest BCUT2D eigenvalue weighted by Gasteiger charge is -2.22. The quantitative estimate of drug-likeness (QED) is 0.333. The Morgan fingerprint density at radius 1 is 0.903 bits per heavy atom. The number of halogens is 1. The number of rotatable bonds is 6. The lowest BCUT2D eigenvalue weighted by atomic mass is 9.84. The fraction of sp³-hybridized carbons (Fsp3) is 0.393. The highest BCUT2D eigenvalue weighted by molar-refractivity contribution is 9.10. The summed E-state index contributed by atoms with van der Waals surface area (Å²) < 4.78 is 7.13. The summed E-state index contributed by atoms with van der Waals surface area (Å²) in [5.41, 5.74) is 3.66. The van der Waals surface area contributed by atoms with E-state index in [1.165, 1.54) is 30.4 Å². The van der Waals surface area contributed by atoms with Crippen LogP contribution in [0.3, 0.4) is 0 Å². The van der Waals surface area contributed by atoms with Gasteiger partial charge in [-0.1, -0.05) is 58.4 Å². The van der Waals surface area contributed by atoms with Crippen molar-refractivity contribution < 1.29 is 9.53 Å². The zero-order valence-corrected chi connectivity index (χ0v) is 19.1. The molecule has 0 N–H and O–H groups in total. The third-order valence-corrected chi connectivity index (χ3v) is 8.51. The number of Topliss-reactive ketones (excluding diaryl/α,β-unsaturated/α-hetero) is 1. The van der Waals surface area contributed by atoms with E-state index in [0.29, 0.717) is 35.4 Å². The van der Waals surface area contributed by atoms with Gasteiger partial charge in [-0.05, 0) is 90.7 Å². The van der Waals surface area contributed by atoms with Gasteiger partial charge in [0.2, 0.25) is 0 Å². The van der Waals surface area contributed by atoms with E-state index in [2.05, 4.69) is 58.4 Å². The summed E-state index contributed by atoms with van der Waals surface area (Å²) in [5.74, 6) is 4.44. The van der Waals surface area contributed by atoms with Gasteiger partial charge >= 0.3 is 0 Å². The lowest BCUT2D eigenvalue weighted by Crippen LogP contribution is -2.19. The number of hydrogen-bond donors (Lipinski definition) is 0. The fourth-order valence-electron chi connectivity index (χ4n) is 6.36. The van der Waals surface area contributed by atoms with Gasteiger partial charge in [-0.2, -0.15) is 0 Å². The van der Waals surface area contributed by atoms with Gasteiger partial charge < -0.3 is 4.74 Å². The second kappa shape index (κ2) is 7.78. The molecule has 158 valence electrons. The lowest BCUT2D eigenvalue weighted by molar-refractivity contribution is 0.0901. The van der Waals surface area contributed by atoms with Crippen LogP contribution in [0.4, 0.5) is 0 Å². The SMILES string of the molecule is O=C(c1ccc(C2=CC3CC2CC3COc2ccc(Br)cc2)cc1)C1CC2C=CC1C2. The zero-order valence-electron chi connectivity index (χ0n) is 17.5. The van der Waals surface area contributed by atoms with Crippen molar-refractivity contribution in [3.8, 4) is 5.75 Å². The Hall–Kier alpha value is -2.13. The van der Waals surface area contributed by atoms with E-state index >= 15 is 0 Å². The molecule has 2 fully saturated rings. The molecule has 0 spiro atoms. The molecule has 6 unspecified atom stereocenters. The highest BCUT2D eigenvalue weighted by Crippen LogP contribution is 2.51. The average Bonchev–Trinajstić information content (AvgIpc) is 3.59. The monoisotopic (exact) mass is 474 g/mol. The predicted molar refractivity (Wildman–Crippen MR) is 127 cm³/mol. The van der Waals surface area contributed by atoms with Gasteiger partial charge in [0.05, 0.1) is 6.61 Å². The van der Waals surface area contributed by atoms with Crippen molar-refractivity contribution in [2.45, 2.75) is 25.7 Å². The van der Waals surface area contributed by atoms with Crippen LogP contribution in [0.25, 0.3) is 5.57 Å². The van der Waals surface area contributed by atoms with E-state index in [9.17, 15) is 4.79 Å². The molecule has 0 aromatic heterocycles. The largest absolute Gasteiger partial charge is 0.493 e. The molecule has 6 atom stereocenters. The number of allylic oxidation sites excluding steroid dienone is 4. The topological polar surface area (TPSA) is 26.3 Å². The van der Waals surface area contributed by atoms with Crippen molar-refractivity contribution in [3.05, 3.63) is 82.4 Å². The summed E-state index contributed by atoms with van der Waals surface area (Å²) in [7, 11) is 0. The molecule has 4 aliphatic carbocycles. The minimum Gasteiger partial charge on any atom is -0.493 e. The Kier molecular flexibility index (Phi) is 4.90. The van der Waals surface area contributed by atoms with Crippen LogP contribution in [0.5, 0.6) is 5.75 Å². The maximum atomic E-state index is 13.0. The van der Waals surface area contributed by atoms with Crippen LogP contribution in [-0.2, 0) is 0 Å². The fourth-order valence-corrected chi connectivity index (χ4v) is 6.63. The molecule has 0 aliphatic heterocycles. The van der Waals surface area contributed by atoms with E-state index in [4.69, 9.17) is 4.74 Å². The van der Waals surface area contributed by atoms with Gasteiger partial charge in [0.1, 0.15) is 5.75 Å². The van der Waals surface area contributed by atoms with E-state index in [-0.39, 0.29) is 5.92 Å². The van der Waals surface area contributed by atoms with Crippen LogP contribution in [-0.4, -0.2) is 12.4 Å². The van der Waals surface area contributed by atoms with Crippen molar-refractivity contribution in [1.82, 2.24) is 0 Å². The molecule has 2 aromatic carbocycles. The number of ether oxygens (including phenoxy) is 1. The molecule has 3 heteroatoms. The maximum Gasteiger partial charge on any atom is 0.166 e. The minimum atomic E-state index is 0.203. The van der Waals surface area contributed by atoms with Crippen LogP contribution >= 0.6 is 15.9 Å². The maximum absolute atomic E-state index is 13.0. The first-order valence-electron chi connectivity index (χ1n) is 11.6. The molecule has 6 rings (SSSR count). The molecule has 4 aliphatic rings. The molecule has 2 saturated carbocycles. The van der Waals surface area contributed by atoms with Crippen LogP contribution < -0.4 is 4.74 Å². The van der Waals surface area contributed by atoms with Gasteiger partial charge in [0.15, 0.2) is 5.78 Å². The van der Waals surface area contributed by atoms with E-state index in [1.54, 1.807) is 0 Å². The summed E-state index contributed by atoms with van der Waals surface area (Å²) in [4.78, 5) is 13.0. The standard InChI is InChI=1S/C28H27BrO2/c29-24-7-9-25(10-8-24)31-16-23-14-22-13-21(23)15-26(22)18-3-5-19(6-4-18)28(30)27-12-17-1-2-20(27)11-17/h1-10,15,17,20-23,27H,11-14,16H2. The highest BCUT2D eigenvalue weighted by atomic mass is 79.9. The molecule has 0 radical (unpaired) electrons. The van der Waals surface area contributed by atoms with E-state index in [1.807, 2.05) is 24.3 Å². The second-order valence-corrected chi connectivity index (χ2v) is 10.7. The third-order valence-electron chi connectivity index (χ3n) is 7.98. The molecule has 2 aromatic rings. The van der Waals surface area contributed by atoms with E-state index < -0.39 is 0 Å². The highest BCUT2D eigenvalue weighted by Gasteiger charge is 2.42. The van der Waals surface area contributed by atoms with Crippen molar-refractivity contribution in [2.24, 2.45) is 35.5 Å². The first kappa shape index (κ1) is 19.5. The van der Waals surface area contributed by atoms with Gasteiger partial charge in [0.25, 0.3) is 0 Å². The van der Waals surface area contributed by atoms with Gasteiger partial charge in [0, 0.05) is 16.0 Å². The summed E-state index contributed by atoms with van der Waals surface area (Å²) in [6.07, 6.45) is 11.7. The molecule has 0 amide bonds. The Labute approximate surface area is 192 Å². The summed E-state index contributed by atoms with van der Waals surface area (Å²) in [5, 5.41) is 0. The molecule has 4 bridgehead atoms. The van der Waals surface area contributed by atoms with Crippen LogP contribution in [0.1, 0.15) is 41.6 Å². The van der Waals surface area contributed by atoms with Crippen molar-refractivity contribution in [2.75, 3.05) is 6.61 Å². The van der Waals surface area contributed by atoms with Crippen LogP contribution in [0.2, 0.25) is 0 Å². The molecular weight excluding hydrogens is 448 g/mol. The zero-order chi connectivity index (χ0) is 20.9. The minimum absolute atomic E-state index is 0.203. The number of benzene rings is 2. The molecule has 0 heterocycles. The van der Waals surface area contributed by atoms with Crippen LogP contribution in [0, 0.1) is 35.5 Å². The first-order chi connectivity index (χ1) is 15.1. The summed E-state index contributed by atoms with van der Waals surface area (Å²) in [6.45, 7) is 0.790. The van der Waals surface area contributed by atoms with Gasteiger partial charge in [-0.3, -0.25) is 4.79 Å². The smallest absolute Gasteiger partial charge is 0.166 e. The van der Waals surface area contributed by atoms with Crippen molar-refractivity contribution in [3.63, 3.8) is 0 Å². The Morgan fingerprint density at radius 3 is 2.35 bits per heavy atom. The van der Waals surface area contributed by atoms with Crippen LogP contribution in [0.15, 0.2) is 71.2 Å². The van der Waals surface area contributed by atoms with Crippen molar-refractivity contribution >= 4 is 27.3 Å². The predicted octanol–water partition coefficient (Wildman–Crippen LogP) is 6.96. The normalized spacial score (nSPS) is 32.5. The molecule has 2 nitrogen and oxygen atoms in total. The van der Waals surface area contributed by atoms with Gasteiger partial charge in [-0.15, -0.1) is 0 Å². The molecular formula is C28H27BrO2. The number of hydrogen-bond acceptors (Lipinski definition) is 2. The molecule has 0 saturated heterocycles. The number of carbonyl (C=O) groups is 1. The number of ketones is 1. The number of fused-ring (bicyclic) bond motifs is 4. The summed E-state index contributed by atoms with van der Waals surface area (Å²) >= 11 is 3.47. The van der Waals surface area contributed by atoms with Crippen molar-refractivity contribution in [1.29, 1.82) is 0 Å². The average molecular weight is 475 g/mol. The summed E-state index contributed by atoms with van der Waals surface area (Å²) in [6, 6.07) is 16.6. The third kappa shape index (κ3) is 3.61. The van der Waals surface area contributed by atoms with E-state index in [0.717, 1.165) is 28.8 Å². The number of carbonyl (C=O) groups excluding carboxylic acids is 1. The Bertz CT molecular complexity index is 1050. The second-order valence-electron chi connectivity index (χ2n) is 9.81. The first-order valence-corrected chi connectivity index (χ1v) is 12.4. The Morgan fingerprint density at radius 2 is 1.71 bits per heavy atom. The van der Waals surface area contributed by atoms with Gasteiger partial charge in [-0.25, -0.2) is 0 Å². The Balaban J connectivity index is 1.10. The molecule has 31 heavy (non-hydrogen) atoms.